The Morgan fingerprint density at radius 2 is 1.76 bits per heavy atom. The van der Waals surface area contributed by atoms with E-state index in [9.17, 15) is 18.1 Å². The number of pyridine rings is 1. The van der Waals surface area contributed by atoms with Gasteiger partial charge in [-0.1, -0.05) is 12.1 Å². The molecule has 0 bridgehead atoms. The number of hydrogen-bond donors (Lipinski definition) is 0. The van der Waals surface area contributed by atoms with E-state index in [0.29, 0.717) is 22.7 Å². The summed E-state index contributed by atoms with van der Waals surface area (Å²) in [5.74, 6) is 0.686. The molecule has 0 atom stereocenters. The largest absolute Gasteiger partial charge is 0.497 e. The van der Waals surface area contributed by atoms with Crippen LogP contribution in [0, 0.1) is 17.1 Å². The average Bonchev–Trinajstić information content (AvgIpc) is 2.88. The van der Waals surface area contributed by atoms with Crippen molar-refractivity contribution in [2.24, 2.45) is 0 Å². The molecule has 1 aliphatic rings. The summed E-state index contributed by atoms with van der Waals surface area (Å²) in [5, 5.41) is 9.81. The Kier molecular flexibility index (Phi) is 6.98. The number of nitrogens with zero attached hydrogens (tertiary/aromatic N) is 4. The van der Waals surface area contributed by atoms with Gasteiger partial charge in [0.05, 0.1) is 36.0 Å². The number of methoxy groups -OCH3 is 1. The number of ether oxygens (including phenoxy) is 1. The minimum atomic E-state index is -4.08. The molecule has 0 aliphatic carbocycles. The van der Waals surface area contributed by atoms with Crippen molar-refractivity contribution >= 4 is 21.5 Å². The molecule has 4 rings (SSSR count). The fourth-order valence-electron chi connectivity index (χ4n) is 3.97. The van der Waals surface area contributed by atoms with E-state index in [0.717, 1.165) is 44.5 Å². The Morgan fingerprint density at radius 3 is 2.38 bits per heavy atom. The molecule has 1 aromatic heterocycles. The third kappa shape index (κ3) is 4.97. The molecule has 0 amide bonds. The van der Waals surface area contributed by atoms with Crippen molar-refractivity contribution in [3.05, 3.63) is 77.7 Å². The third-order valence-electron chi connectivity index (χ3n) is 5.80. The summed E-state index contributed by atoms with van der Waals surface area (Å²) in [6.07, 6.45) is 4.67. The van der Waals surface area contributed by atoms with Gasteiger partial charge >= 0.3 is 0 Å². The van der Waals surface area contributed by atoms with Crippen LogP contribution in [-0.2, 0) is 16.6 Å². The van der Waals surface area contributed by atoms with E-state index >= 15 is 0 Å². The van der Waals surface area contributed by atoms with Gasteiger partial charge in [0.1, 0.15) is 23.5 Å². The van der Waals surface area contributed by atoms with Crippen LogP contribution in [0.5, 0.6) is 5.75 Å². The summed E-state index contributed by atoms with van der Waals surface area (Å²) < 4.78 is 47.1. The smallest absolute Gasteiger partial charge is 0.264 e. The Bertz CT molecular complexity index is 1280. The Labute approximate surface area is 199 Å². The first-order valence-corrected chi connectivity index (χ1v) is 12.4. The lowest BCUT2D eigenvalue weighted by Gasteiger charge is -2.29. The molecular weight excluding hydrogens is 455 g/mol. The number of benzene rings is 2. The highest BCUT2D eigenvalue weighted by Crippen LogP contribution is 2.30. The fraction of sp³-hybridized carbons (Fsp3) is 0.280. The Balaban J connectivity index is 1.76. The Hall–Kier alpha value is -3.64. The first-order chi connectivity index (χ1) is 16.4. The van der Waals surface area contributed by atoms with Crippen LogP contribution in [0.2, 0.25) is 0 Å². The van der Waals surface area contributed by atoms with E-state index in [-0.39, 0.29) is 17.1 Å². The standard InChI is InChI=1S/C25H25FN4O3S/c1-33-23-9-5-19(6-10-23)18-30(34(31,32)24-11-7-21(26)8-12-24)22-15-20(16-27)25(28-17-22)29-13-3-2-4-14-29/h5-12,15,17H,2-4,13-14,18H2,1H3. The maximum Gasteiger partial charge on any atom is 0.264 e. The number of anilines is 2. The molecule has 0 N–H and O–H groups in total. The monoisotopic (exact) mass is 480 g/mol. The number of hydrogen-bond acceptors (Lipinski definition) is 6. The highest BCUT2D eigenvalue weighted by atomic mass is 32.2. The highest BCUT2D eigenvalue weighted by Gasteiger charge is 2.27. The topological polar surface area (TPSA) is 86.5 Å². The van der Waals surface area contributed by atoms with Crippen molar-refractivity contribution in [1.82, 2.24) is 4.98 Å². The van der Waals surface area contributed by atoms with Gasteiger partial charge in [-0.3, -0.25) is 4.31 Å². The van der Waals surface area contributed by atoms with Gasteiger partial charge in [0, 0.05) is 13.1 Å². The van der Waals surface area contributed by atoms with E-state index in [1.807, 2.05) is 0 Å². The maximum absolute atomic E-state index is 13.6. The molecular formula is C25H25FN4O3S. The van der Waals surface area contributed by atoms with Gasteiger partial charge < -0.3 is 9.64 Å². The number of halogens is 1. The van der Waals surface area contributed by atoms with Crippen LogP contribution in [0.4, 0.5) is 15.9 Å². The van der Waals surface area contributed by atoms with Crippen LogP contribution >= 0.6 is 0 Å². The van der Waals surface area contributed by atoms with Crippen LogP contribution in [0.15, 0.2) is 65.7 Å². The number of rotatable bonds is 7. The molecule has 34 heavy (non-hydrogen) atoms. The lowest BCUT2D eigenvalue weighted by Crippen LogP contribution is -2.32. The van der Waals surface area contributed by atoms with Crippen LogP contribution in [0.1, 0.15) is 30.4 Å². The van der Waals surface area contributed by atoms with Gasteiger partial charge in [-0.2, -0.15) is 5.26 Å². The van der Waals surface area contributed by atoms with E-state index < -0.39 is 15.8 Å². The first-order valence-electron chi connectivity index (χ1n) is 11.0. The summed E-state index contributed by atoms with van der Waals surface area (Å²) in [6.45, 7) is 1.62. The minimum absolute atomic E-state index is 0.000681. The van der Waals surface area contributed by atoms with E-state index in [1.165, 1.54) is 22.6 Å². The van der Waals surface area contributed by atoms with Gasteiger partial charge in [-0.25, -0.2) is 17.8 Å². The number of sulfonamides is 1. The minimum Gasteiger partial charge on any atom is -0.497 e. The van der Waals surface area contributed by atoms with Crippen LogP contribution < -0.4 is 13.9 Å². The molecule has 1 fully saturated rings. The predicted octanol–water partition coefficient (Wildman–Crippen LogP) is 4.49. The van der Waals surface area contributed by atoms with Crippen LogP contribution in [0.3, 0.4) is 0 Å². The number of nitriles is 1. The lowest BCUT2D eigenvalue weighted by atomic mass is 10.1. The third-order valence-corrected chi connectivity index (χ3v) is 7.59. The molecule has 0 saturated carbocycles. The van der Waals surface area contributed by atoms with E-state index in [2.05, 4.69) is 16.0 Å². The molecule has 0 unspecified atom stereocenters. The molecule has 1 saturated heterocycles. The second-order valence-corrected chi connectivity index (χ2v) is 9.90. The number of piperidine rings is 1. The molecule has 2 aromatic carbocycles. The molecule has 0 spiro atoms. The summed E-state index contributed by atoms with van der Waals surface area (Å²) >= 11 is 0. The predicted molar refractivity (Wildman–Crippen MR) is 128 cm³/mol. The van der Waals surface area contributed by atoms with Crippen molar-refractivity contribution in [3.63, 3.8) is 0 Å². The summed E-state index contributed by atoms with van der Waals surface area (Å²) in [7, 11) is -2.52. The average molecular weight is 481 g/mol. The maximum atomic E-state index is 13.6. The number of aromatic nitrogens is 1. The molecule has 176 valence electrons. The second-order valence-electron chi connectivity index (χ2n) is 8.04. The van der Waals surface area contributed by atoms with E-state index in [1.54, 1.807) is 37.4 Å². The zero-order valence-electron chi connectivity index (χ0n) is 18.8. The normalized spacial score (nSPS) is 13.9. The zero-order chi connectivity index (χ0) is 24.1. The van der Waals surface area contributed by atoms with Crippen molar-refractivity contribution in [2.75, 3.05) is 29.4 Å². The van der Waals surface area contributed by atoms with Gasteiger partial charge in [0.2, 0.25) is 0 Å². The van der Waals surface area contributed by atoms with Crippen molar-refractivity contribution < 1.29 is 17.5 Å². The summed E-state index contributed by atoms with van der Waals surface area (Å²) in [6, 6.07) is 15.4. The molecule has 2 heterocycles. The molecule has 0 radical (unpaired) electrons. The fourth-order valence-corrected chi connectivity index (χ4v) is 5.40. The van der Waals surface area contributed by atoms with Crippen molar-refractivity contribution in [3.8, 4) is 11.8 Å². The quantitative estimate of drug-likeness (QED) is 0.495. The van der Waals surface area contributed by atoms with Crippen LogP contribution in [-0.4, -0.2) is 33.6 Å². The van der Waals surface area contributed by atoms with Gasteiger partial charge in [0.15, 0.2) is 0 Å². The van der Waals surface area contributed by atoms with Gasteiger partial charge in [-0.05, 0) is 67.3 Å². The molecule has 3 aromatic rings. The first kappa shape index (κ1) is 23.5. The van der Waals surface area contributed by atoms with Crippen molar-refractivity contribution in [1.29, 1.82) is 5.26 Å². The lowest BCUT2D eigenvalue weighted by molar-refractivity contribution is 0.414. The molecule has 1 aliphatic heterocycles. The summed E-state index contributed by atoms with van der Waals surface area (Å²) in [4.78, 5) is 6.51. The van der Waals surface area contributed by atoms with Crippen LogP contribution in [0.25, 0.3) is 0 Å². The zero-order valence-corrected chi connectivity index (χ0v) is 19.6. The second kappa shape index (κ2) is 10.1. The van der Waals surface area contributed by atoms with Crippen molar-refractivity contribution in [2.45, 2.75) is 30.7 Å². The highest BCUT2D eigenvalue weighted by molar-refractivity contribution is 7.92. The molecule has 7 nitrogen and oxygen atoms in total. The van der Waals surface area contributed by atoms with Gasteiger partial charge in [0.25, 0.3) is 10.0 Å². The SMILES string of the molecule is COc1ccc(CN(c2cnc(N3CCCCC3)c(C#N)c2)S(=O)(=O)c2ccc(F)cc2)cc1. The Morgan fingerprint density at radius 1 is 1.09 bits per heavy atom. The molecule has 9 heteroatoms. The summed E-state index contributed by atoms with van der Waals surface area (Å²) in [5.41, 5.74) is 1.29. The van der Waals surface area contributed by atoms with E-state index in [4.69, 9.17) is 4.74 Å². The van der Waals surface area contributed by atoms with Gasteiger partial charge in [-0.15, -0.1) is 0 Å².